The molecule has 248 valence electrons. The van der Waals surface area contributed by atoms with Gasteiger partial charge in [-0.2, -0.15) is 0 Å². The van der Waals surface area contributed by atoms with Crippen molar-refractivity contribution < 1.29 is 9.59 Å². The molecule has 0 aromatic heterocycles. The molecule has 6 rings (SSSR count). The Morgan fingerprint density at radius 1 is 0.809 bits per heavy atom. The lowest BCUT2D eigenvalue weighted by Crippen LogP contribution is -2.31. The maximum atomic E-state index is 13.8. The fraction of sp³-hybridized carbons (Fsp3) is 0.421. The van der Waals surface area contributed by atoms with Crippen LogP contribution >= 0.6 is 0 Å². The lowest BCUT2D eigenvalue weighted by Gasteiger charge is -2.31. The molecule has 9 nitrogen and oxygen atoms in total. The van der Waals surface area contributed by atoms with Gasteiger partial charge in [0.15, 0.2) is 0 Å². The average Bonchev–Trinajstić information content (AvgIpc) is 3.47. The van der Waals surface area contributed by atoms with E-state index < -0.39 is 0 Å². The number of imide groups is 1. The predicted octanol–water partition coefficient (Wildman–Crippen LogP) is 6.70. The first-order chi connectivity index (χ1) is 22.6. The minimum absolute atomic E-state index is 0.115. The van der Waals surface area contributed by atoms with Gasteiger partial charge in [-0.1, -0.05) is 18.2 Å². The van der Waals surface area contributed by atoms with E-state index in [2.05, 4.69) is 103 Å². The number of hydrogen-bond acceptors (Lipinski definition) is 8. The summed E-state index contributed by atoms with van der Waals surface area (Å²) in [4.78, 5) is 33.2. The third-order valence-electron chi connectivity index (χ3n) is 9.54. The number of rotatable bonds is 14. The standard InChI is InChI=1S/C38H49N7O2/c1-38-16-7-6-13-34(38)42-33-12-8-11-26(35(33)38)25-45-36(46)31-15-14-27(24-32(31)37(45)47)41-30-22-28(39-17-9-19-43(2)3)21-29(23-30)40-18-10-20-44(4)5/h8,11-15,21-24,39-42H,6-7,9-10,16-20,25H2,1-5H3. The highest BCUT2D eigenvalue weighted by atomic mass is 16.2. The van der Waals surface area contributed by atoms with Crippen LogP contribution in [0.25, 0.3) is 0 Å². The van der Waals surface area contributed by atoms with E-state index in [0.29, 0.717) is 11.1 Å². The minimum atomic E-state index is -0.249. The molecule has 3 aliphatic rings. The highest BCUT2D eigenvalue weighted by Crippen LogP contribution is 2.50. The van der Waals surface area contributed by atoms with E-state index in [4.69, 9.17) is 0 Å². The van der Waals surface area contributed by atoms with Crippen LogP contribution in [0.2, 0.25) is 0 Å². The van der Waals surface area contributed by atoms with Gasteiger partial charge in [0.05, 0.1) is 17.7 Å². The van der Waals surface area contributed by atoms with Crippen LogP contribution < -0.4 is 21.3 Å². The fourth-order valence-corrected chi connectivity index (χ4v) is 7.15. The van der Waals surface area contributed by atoms with Crippen molar-refractivity contribution in [3.8, 4) is 0 Å². The topological polar surface area (TPSA) is 92.0 Å². The second-order valence-electron chi connectivity index (χ2n) is 13.9. The van der Waals surface area contributed by atoms with Crippen molar-refractivity contribution in [2.45, 2.75) is 51.0 Å². The average molecular weight is 636 g/mol. The molecule has 1 unspecified atom stereocenters. The van der Waals surface area contributed by atoms with E-state index in [1.165, 1.54) is 16.2 Å². The van der Waals surface area contributed by atoms with Crippen LogP contribution in [0.5, 0.6) is 0 Å². The zero-order valence-electron chi connectivity index (χ0n) is 28.5. The number of hydrogen-bond donors (Lipinski definition) is 4. The molecule has 0 bridgehead atoms. The molecule has 3 aromatic carbocycles. The van der Waals surface area contributed by atoms with Gasteiger partial charge in [0, 0.05) is 52.6 Å². The molecule has 2 aliphatic heterocycles. The molecular weight excluding hydrogens is 586 g/mol. The van der Waals surface area contributed by atoms with Gasteiger partial charge in [0.1, 0.15) is 0 Å². The van der Waals surface area contributed by atoms with E-state index in [1.807, 2.05) is 18.2 Å². The normalized spacial score (nSPS) is 18.2. The van der Waals surface area contributed by atoms with Crippen LogP contribution in [0.4, 0.5) is 28.4 Å². The number of benzene rings is 3. The first-order valence-corrected chi connectivity index (χ1v) is 16.9. The number of carbonyl (C=O) groups excluding carboxylic acids is 2. The SMILES string of the molecule is CN(C)CCCNc1cc(NCCCN(C)C)cc(Nc2ccc3c(c2)C(=O)N(Cc2cccc4c2C2(C)CCCC=C2N4)C3=O)c1. The Morgan fingerprint density at radius 2 is 1.47 bits per heavy atom. The highest BCUT2D eigenvalue weighted by Gasteiger charge is 2.43. The molecule has 0 saturated carbocycles. The van der Waals surface area contributed by atoms with Gasteiger partial charge in [-0.3, -0.25) is 14.5 Å². The summed E-state index contributed by atoms with van der Waals surface area (Å²) < 4.78 is 0. The van der Waals surface area contributed by atoms with Crippen molar-refractivity contribution >= 4 is 40.3 Å². The van der Waals surface area contributed by atoms with E-state index in [0.717, 1.165) is 92.3 Å². The number of amides is 2. The molecule has 2 heterocycles. The predicted molar refractivity (Wildman–Crippen MR) is 193 cm³/mol. The smallest absolute Gasteiger partial charge is 0.261 e. The van der Waals surface area contributed by atoms with Gasteiger partial charge in [0.2, 0.25) is 0 Å². The number of nitrogens with zero attached hydrogens (tertiary/aromatic N) is 3. The van der Waals surface area contributed by atoms with Crippen LogP contribution in [0.15, 0.2) is 66.4 Å². The fourth-order valence-electron chi connectivity index (χ4n) is 7.15. The number of fused-ring (bicyclic) bond motifs is 4. The molecule has 1 atom stereocenters. The molecular formula is C38H49N7O2. The summed E-state index contributed by atoms with van der Waals surface area (Å²) >= 11 is 0. The summed E-state index contributed by atoms with van der Waals surface area (Å²) in [6.07, 6.45) is 7.61. The zero-order valence-corrected chi connectivity index (χ0v) is 28.5. The van der Waals surface area contributed by atoms with Crippen molar-refractivity contribution in [1.29, 1.82) is 0 Å². The molecule has 0 saturated heterocycles. The number of anilines is 5. The molecule has 2 amide bonds. The molecule has 4 N–H and O–H groups in total. The summed E-state index contributed by atoms with van der Waals surface area (Å²) in [7, 11) is 8.35. The van der Waals surface area contributed by atoms with Crippen LogP contribution in [-0.2, 0) is 12.0 Å². The van der Waals surface area contributed by atoms with E-state index in [-0.39, 0.29) is 23.8 Å². The maximum Gasteiger partial charge on any atom is 0.261 e. The highest BCUT2D eigenvalue weighted by molar-refractivity contribution is 6.21. The molecule has 3 aromatic rings. The quantitative estimate of drug-likeness (QED) is 0.115. The van der Waals surface area contributed by atoms with Crippen molar-refractivity contribution in [3.63, 3.8) is 0 Å². The van der Waals surface area contributed by atoms with Gasteiger partial charge < -0.3 is 31.1 Å². The third kappa shape index (κ3) is 7.01. The summed E-state index contributed by atoms with van der Waals surface area (Å²) in [5.41, 5.74) is 9.07. The molecule has 1 aliphatic carbocycles. The summed E-state index contributed by atoms with van der Waals surface area (Å²) in [5, 5.41) is 14.3. The molecule has 0 fully saturated rings. The van der Waals surface area contributed by atoms with Crippen LogP contribution in [0.3, 0.4) is 0 Å². The largest absolute Gasteiger partial charge is 0.385 e. The van der Waals surface area contributed by atoms with E-state index >= 15 is 0 Å². The van der Waals surface area contributed by atoms with Crippen molar-refractivity contribution in [1.82, 2.24) is 14.7 Å². The lowest BCUT2D eigenvalue weighted by atomic mass is 9.73. The summed E-state index contributed by atoms with van der Waals surface area (Å²) in [5.74, 6) is -0.487. The Balaban J connectivity index is 1.19. The van der Waals surface area contributed by atoms with Crippen molar-refractivity contribution in [2.24, 2.45) is 0 Å². The molecule has 9 heteroatoms. The molecule has 47 heavy (non-hydrogen) atoms. The Labute approximate surface area is 279 Å². The Hall–Kier alpha value is -4.34. The monoisotopic (exact) mass is 635 g/mol. The first-order valence-electron chi connectivity index (χ1n) is 16.9. The zero-order chi connectivity index (χ0) is 33.1. The number of carbonyl (C=O) groups is 2. The lowest BCUT2D eigenvalue weighted by molar-refractivity contribution is 0.0641. The van der Waals surface area contributed by atoms with E-state index in [1.54, 1.807) is 6.07 Å². The van der Waals surface area contributed by atoms with Gasteiger partial charge >= 0.3 is 0 Å². The van der Waals surface area contributed by atoms with Crippen molar-refractivity contribution in [3.05, 3.63) is 88.6 Å². The first kappa shape index (κ1) is 32.6. The third-order valence-corrected chi connectivity index (χ3v) is 9.54. The van der Waals surface area contributed by atoms with E-state index in [9.17, 15) is 9.59 Å². The van der Waals surface area contributed by atoms with Crippen molar-refractivity contribution in [2.75, 3.05) is 75.6 Å². The molecule has 0 radical (unpaired) electrons. The van der Waals surface area contributed by atoms with Gasteiger partial charge in [-0.15, -0.1) is 0 Å². The number of allylic oxidation sites excluding steroid dienone is 2. The number of nitrogens with one attached hydrogen (secondary N) is 4. The Morgan fingerprint density at radius 3 is 2.15 bits per heavy atom. The summed E-state index contributed by atoms with van der Waals surface area (Å²) in [6, 6.07) is 18.0. The molecule has 0 spiro atoms. The summed E-state index contributed by atoms with van der Waals surface area (Å²) in [6.45, 7) is 6.29. The van der Waals surface area contributed by atoms with Crippen LogP contribution in [-0.4, -0.2) is 80.9 Å². The Bertz CT molecular complexity index is 1650. The van der Waals surface area contributed by atoms with Gasteiger partial charge in [-0.05, 0) is 134 Å². The van der Waals surface area contributed by atoms with Gasteiger partial charge in [-0.25, -0.2) is 0 Å². The minimum Gasteiger partial charge on any atom is -0.385 e. The van der Waals surface area contributed by atoms with Crippen LogP contribution in [0, 0.1) is 0 Å². The maximum absolute atomic E-state index is 13.8. The van der Waals surface area contributed by atoms with Crippen LogP contribution in [0.1, 0.15) is 70.9 Å². The second kappa shape index (κ2) is 13.8. The Kier molecular flexibility index (Phi) is 9.57. The van der Waals surface area contributed by atoms with Gasteiger partial charge in [0.25, 0.3) is 11.8 Å². The second-order valence-corrected chi connectivity index (χ2v) is 13.9.